The van der Waals surface area contributed by atoms with Crippen LogP contribution in [0.2, 0.25) is 5.02 Å². The van der Waals surface area contributed by atoms with Crippen LogP contribution < -0.4 is 10.5 Å². The Morgan fingerprint density at radius 1 is 1.20 bits per heavy atom. The molecule has 0 saturated heterocycles. The molecule has 2 N–H and O–H groups in total. The predicted molar refractivity (Wildman–Crippen MR) is 85.9 cm³/mol. The summed E-state index contributed by atoms with van der Waals surface area (Å²) in [7, 11) is 0. The molecular formula is C15H15ClN2OS. The molecule has 0 saturated carbocycles. The second kappa shape index (κ2) is 5.77. The molecule has 0 amide bonds. The van der Waals surface area contributed by atoms with E-state index in [4.69, 9.17) is 34.3 Å². The number of thiocarbonyl (C=S) groups is 1. The molecule has 0 atom stereocenters. The van der Waals surface area contributed by atoms with Gasteiger partial charge in [-0.15, -0.1) is 0 Å². The quantitative estimate of drug-likeness (QED) is 0.868. The molecule has 2 aromatic rings. The molecule has 0 fully saturated rings. The van der Waals surface area contributed by atoms with E-state index in [0.717, 1.165) is 16.8 Å². The third-order valence-electron chi connectivity index (χ3n) is 2.91. The number of aryl methyl sites for hydroxylation is 3. The molecule has 2 rings (SSSR count). The Hall–Kier alpha value is -1.65. The van der Waals surface area contributed by atoms with Gasteiger partial charge in [0.15, 0.2) is 0 Å². The van der Waals surface area contributed by atoms with Crippen molar-refractivity contribution < 1.29 is 4.74 Å². The zero-order chi connectivity index (χ0) is 14.9. The zero-order valence-corrected chi connectivity index (χ0v) is 13.1. The van der Waals surface area contributed by atoms with Crippen LogP contribution in [0.5, 0.6) is 11.6 Å². The third kappa shape index (κ3) is 3.08. The van der Waals surface area contributed by atoms with Gasteiger partial charge in [-0.3, -0.25) is 0 Å². The topological polar surface area (TPSA) is 48.1 Å². The first-order valence-corrected chi connectivity index (χ1v) is 6.89. The first-order chi connectivity index (χ1) is 9.38. The predicted octanol–water partition coefficient (Wildman–Crippen LogP) is 4.09. The standard InChI is InChI=1S/C15H15ClN2OS/c1-8-4-5-11(16)7-12(8)19-15-13(14(17)20)9(2)6-10(3)18-15/h4-7H,1-3H3,(H2,17,20). The molecule has 104 valence electrons. The normalized spacial score (nSPS) is 10.4. The fraction of sp³-hybridized carbons (Fsp3) is 0.200. The maximum Gasteiger partial charge on any atom is 0.230 e. The molecule has 1 aromatic carbocycles. The molecule has 0 aliphatic heterocycles. The van der Waals surface area contributed by atoms with E-state index in [1.807, 2.05) is 39.0 Å². The van der Waals surface area contributed by atoms with E-state index in [2.05, 4.69) is 4.98 Å². The Kier molecular flexibility index (Phi) is 4.26. The maximum atomic E-state index is 6.00. The second-order valence-electron chi connectivity index (χ2n) is 4.64. The van der Waals surface area contributed by atoms with Crippen molar-refractivity contribution in [1.29, 1.82) is 0 Å². The third-order valence-corrected chi connectivity index (χ3v) is 3.35. The molecule has 20 heavy (non-hydrogen) atoms. The van der Waals surface area contributed by atoms with Crippen molar-refractivity contribution >= 4 is 28.8 Å². The fourth-order valence-electron chi connectivity index (χ4n) is 1.96. The van der Waals surface area contributed by atoms with Crippen molar-refractivity contribution in [3.8, 4) is 11.6 Å². The SMILES string of the molecule is Cc1cc(C)c(C(N)=S)c(Oc2cc(Cl)ccc2C)n1. The summed E-state index contributed by atoms with van der Waals surface area (Å²) in [5.41, 5.74) is 9.18. The Morgan fingerprint density at radius 3 is 2.55 bits per heavy atom. The van der Waals surface area contributed by atoms with Crippen LogP contribution in [-0.2, 0) is 0 Å². The second-order valence-corrected chi connectivity index (χ2v) is 5.51. The summed E-state index contributed by atoms with van der Waals surface area (Å²) in [6, 6.07) is 7.37. The molecule has 0 aliphatic carbocycles. The van der Waals surface area contributed by atoms with Crippen molar-refractivity contribution in [2.24, 2.45) is 5.73 Å². The van der Waals surface area contributed by atoms with E-state index < -0.39 is 0 Å². The van der Waals surface area contributed by atoms with Crippen LogP contribution in [-0.4, -0.2) is 9.97 Å². The van der Waals surface area contributed by atoms with Gasteiger partial charge in [0.1, 0.15) is 10.7 Å². The van der Waals surface area contributed by atoms with E-state index in [1.165, 1.54) is 0 Å². The van der Waals surface area contributed by atoms with Crippen LogP contribution in [0, 0.1) is 20.8 Å². The minimum absolute atomic E-state index is 0.268. The smallest absolute Gasteiger partial charge is 0.230 e. The van der Waals surface area contributed by atoms with Gasteiger partial charge in [0.2, 0.25) is 5.88 Å². The highest BCUT2D eigenvalue weighted by Gasteiger charge is 2.14. The molecule has 0 aliphatic rings. The van der Waals surface area contributed by atoms with Crippen molar-refractivity contribution in [3.05, 3.63) is 51.7 Å². The zero-order valence-electron chi connectivity index (χ0n) is 11.5. The van der Waals surface area contributed by atoms with Gasteiger partial charge in [-0.05, 0) is 50.1 Å². The van der Waals surface area contributed by atoms with Crippen molar-refractivity contribution in [2.45, 2.75) is 20.8 Å². The number of aromatic nitrogens is 1. The molecule has 0 spiro atoms. The van der Waals surface area contributed by atoms with Gasteiger partial charge in [-0.25, -0.2) is 4.98 Å². The van der Waals surface area contributed by atoms with Gasteiger partial charge < -0.3 is 10.5 Å². The van der Waals surface area contributed by atoms with Crippen LogP contribution in [0.3, 0.4) is 0 Å². The lowest BCUT2D eigenvalue weighted by molar-refractivity contribution is 0.457. The Labute approximate surface area is 128 Å². The maximum absolute atomic E-state index is 6.00. The minimum Gasteiger partial charge on any atom is -0.438 e. The lowest BCUT2D eigenvalue weighted by Gasteiger charge is -2.14. The van der Waals surface area contributed by atoms with Gasteiger partial charge in [-0.2, -0.15) is 0 Å². The van der Waals surface area contributed by atoms with E-state index in [9.17, 15) is 0 Å². The van der Waals surface area contributed by atoms with E-state index in [1.54, 1.807) is 6.07 Å². The van der Waals surface area contributed by atoms with Gasteiger partial charge >= 0.3 is 0 Å². The average molecular weight is 307 g/mol. The molecule has 1 aromatic heterocycles. The summed E-state index contributed by atoms with van der Waals surface area (Å²) >= 11 is 11.1. The molecule has 0 bridgehead atoms. The number of nitrogens with zero attached hydrogens (tertiary/aromatic N) is 1. The number of hydrogen-bond acceptors (Lipinski definition) is 3. The number of benzene rings is 1. The first-order valence-electron chi connectivity index (χ1n) is 6.10. The highest BCUT2D eigenvalue weighted by Crippen LogP contribution is 2.30. The molecule has 5 heteroatoms. The lowest BCUT2D eigenvalue weighted by Crippen LogP contribution is -2.14. The lowest BCUT2D eigenvalue weighted by atomic mass is 10.1. The van der Waals surface area contributed by atoms with Crippen molar-refractivity contribution in [3.63, 3.8) is 0 Å². The highest BCUT2D eigenvalue weighted by atomic mass is 35.5. The van der Waals surface area contributed by atoms with Crippen LogP contribution in [0.15, 0.2) is 24.3 Å². The van der Waals surface area contributed by atoms with Gasteiger partial charge in [0, 0.05) is 10.7 Å². The van der Waals surface area contributed by atoms with Crippen molar-refractivity contribution in [1.82, 2.24) is 4.98 Å². The summed E-state index contributed by atoms with van der Waals surface area (Å²) in [5, 5.41) is 0.604. The monoisotopic (exact) mass is 306 g/mol. The summed E-state index contributed by atoms with van der Waals surface area (Å²) in [4.78, 5) is 4.66. The summed E-state index contributed by atoms with van der Waals surface area (Å²) < 4.78 is 5.88. The minimum atomic E-state index is 0.268. The van der Waals surface area contributed by atoms with E-state index in [0.29, 0.717) is 22.2 Å². The molecule has 1 heterocycles. The summed E-state index contributed by atoms with van der Waals surface area (Å²) in [5.74, 6) is 1.06. The number of nitrogens with two attached hydrogens (primary N) is 1. The molecular weight excluding hydrogens is 292 g/mol. The fourth-order valence-corrected chi connectivity index (χ4v) is 2.37. The van der Waals surface area contributed by atoms with Crippen LogP contribution in [0.25, 0.3) is 0 Å². The molecule has 0 unspecified atom stereocenters. The number of rotatable bonds is 3. The van der Waals surface area contributed by atoms with Gasteiger partial charge in [-0.1, -0.05) is 29.9 Å². The molecule has 0 radical (unpaired) electrons. The Morgan fingerprint density at radius 2 is 1.90 bits per heavy atom. The largest absolute Gasteiger partial charge is 0.438 e. The molecule has 3 nitrogen and oxygen atoms in total. The number of halogens is 1. The average Bonchev–Trinajstić information content (AvgIpc) is 2.32. The van der Waals surface area contributed by atoms with Crippen LogP contribution >= 0.6 is 23.8 Å². The highest BCUT2D eigenvalue weighted by molar-refractivity contribution is 7.80. The first kappa shape index (κ1) is 14.8. The van der Waals surface area contributed by atoms with Crippen LogP contribution in [0.1, 0.15) is 22.4 Å². The van der Waals surface area contributed by atoms with Gasteiger partial charge in [0.25, 0.3) is 0 Å². The Bertz CT molecular complexity index is 686. The van der Waals surface area contributed by atoms with Gasteiger partial charge in [0.05, 0.1) is 5.56 Å². The number of pyridine rings is 1. The van der Waals surface area contributed by atoms with Crippen molar-refractivity contribution in [2.75, 3.05) is 0 Å². The number of hydrogen-bond donors (Lipinski definition) is 1. The summed E-state index contributed by atoms with van der Waals surface area (Å²) in [6.07, 6.45) is 0. The van der Waals surface area contributed by atoms with E-state index in [-0.39, 0.29) is 4.99 Å². The summed E-state index contributed by atoms with van der Waals surface area (Å²) in [6.45, 7) is 5.77. The van der Waals surface area contributed by atoms with E-state index >= 15 is 0 Å². The Balaban J connectivity index is 2.53. The number of ether oxygens (including phenoxy) is 1. The van der Waals surface area contributed by atoms with Crippen LogP contribution in [0.4, 0.5) is 0 Å².